The Labute approximate surface area is 287 Å². The van der Waals surface area contributed by atoms with Gasteiger partial charge in [0.1, 0.15) is 18.0 Å². The van der Waals surface area contributed by atoms with Crippen LogP contribution in [-0.2, 0) is 11.3 Å². The van der Waals surface area contributed by atoms with Crippen LogP contribution in [0.25, 0.3) is 28.0 Å². The summed E-state index contributed by atoms with van der Waals surface area (Å²) >= 11 is 1.36. The standard InChI is InChI=1S/C36H33N9O3S/c1-3-24-18-29-30(48-22-47-29)19-31(24)49-36-42-32-33(38)40-21-41-34(32)45(36)10-4-9-39-35(46)27(20-37)16-23-5-6-26-17-28(8-7-25(26)15-23)44-13-11-43(2)12-14-44/h1,5-8,15-19,21H,4,9-14,22H2,2H3,(H,39,46)(H2,38,40,41). The van der Waals surface area contributed by atoms with E-state index in [1.807, 2.05) is 28.8 Å². The van der Waals surface area contributed by atoms with Crippen LogP contribution in [0.15, 0.2) is 70.5 Å². The van der Waals surface area contributed by atoms with Crippen molar-refractivity contribution in [2.24, 2.45) is 0 Å². The fourth-order valence-corrected chi connectivity index (χ4v) is 6.90. The van der Waals surface area contributed by atoms with E-state index in [0.29, 0.717) is 52.9 Å². The monoisotopic (exact) mass is 671 g/mol. The maximum Gasteiger partial charge on any atom is 0.261 e. The number of carbonyl (C=O) groups excluding carboxylic acids is 1. The lowest BCUT2D eigenvalue weighted by molar-refractivity contribution is -0.117. The lowest BCUT2D eigenvalue weighted by Gasteiger charge is -2.34. The molecule has 2 aromatic heterocycles. The molecule has 0 atom stereocenters. The third kappa shape index (κ3) is 6.67. The SMILES string of the molecule is C#Cc1cc2c(cc1Sc1nc3c(N)ncnc3n1CCCNC(=O)C(C#N)=Cc1ccc3cc(N4CCN(C)CC4)ccc3c1)OCO2. The fraction of sp³-hybridized carbons (Fsp3) is 0.250. The van der Waals surface area contributed by atoms with Crippen molar-refractivity contribution in [1.29, 1.82) is 5.26 Å². The molecule has 2 aliphatic rings. The van der Waals surface area contributed by atoms with E-state index in [1.54, 1.807) is 12.1 Å². The van der Waals surface area contributed by atoms with Gasteiger partial charge in [0, 0.05) is 61.5 Å². The van der Waals surface area contributed by atoms with Gasteiger partial charge in [-0.2, -0.15) is 5.26 Å². The Morgan fingerprint density at radius 2 is 1.86 bits per heavy atom. The van der Waals surface area contributed by atoms with Crippen LogP contribution in [0.5, 0.6) is 11.5 Å². The van der Waals surface area contributed by atoms with Gasteiger partial charge >= 0.3 is 0 Å². The minimum absolute atomic E-state index is 0.0304. The van der Waals surface area contributed by atoms with Gasteiger partial charge in [-0.25, -0.2) is 15.0 Å². The molecule has 1 amide bonds. The zero-order chi connectivity index (χ0) is 33.9. The van der Waals surface area contributed by atoms with Gasteiger partial charge in [-0.05, 0) is 60.1 Å². The third-order valence-corrected chi connectivity index (χ3v) is 9.65. The van der Waals surface area contributed by atoms with E-state index in [4.69, 9.17) is 26.6 Å². The Balaban J connectivity index is 1.02. The summed E-state index contributed by atoms with van der Waals surface area (Å²) in [5.41, 5.74) is 9.83. The first kappa shape index (κ1) is 31.8. The minimum atomic E-state index is -0.441. The molecular formula is C36H33N9O3S. The Kier molecular flexibility index (Phi) is 8.94. The van der Waals surface area contributed by atoms with Gasteiger partial charge in [0.25, 0.3) is 5.91 Å². The first-order chi connectivity index (χ1) is 23.9. The zero-order valence-corrected chi connectivity index (χ0v) is 27.7. The molecule has 3 N–H and O–H groups in total. The van der Waals surface area contributed by atoms with Gasteiger partial charge in [0.15, 0.2) is 33.6 Å². The zero-order valence-electron chi connectivity index (χ0n) is 26.8. The van der Waals surface area contributed by atoms with Crippen LogP contribution in [0.2, 0.25) is 0 Å². The summed E-state index contributed by atoms with van der Waals surface area (Å²) in [7, 11) is 2.15. The van der Waals surface area contributed by atoms with Crippen LogP contribution < -0.4 is 25.4 Å². The topological polar surface area (TPSA) is 147 Å². The predicted octanol–water partition coefficient (Wildman–Crippen LogP) is 4.29. The second-order valence-electron chi connectivity index (χ2n) is 11.8. The van der Waals surface area contributed by atoms with Crippen molar-refractivity contribution in [3.05, 3.63) is 71.6 Å². The number of nitrogens with two attached hydrogens (primary N) is 1. The highest BCUT2D eigenvalue weighted by molar-refractivity contribution is 7.99. The molecule has 0 bridgehead atoms. The van der Waals surface area contributed by atoms with Crippen molar-refractivity contribution in [1.82, 2.24) is 29.7 Å². The molecule has 7 rings (SSSR count). The van der Waals surface area contributed by atoms with E-state index in [-0.39, 0.29) is 18.2 Å². The second kappa shape index (κ2) is 13.8. The summed E-state index contributed by atoms with van der Waals surface area (Å²) in [6.07, 6.45) is 9.35. The summed E-state index contributed by atoms with van der Waals surface area (Å²) in [5, 5.41) is 15.5. The van der Waals surface area contributed by atoms with Gasteiger partial charge in [-0.1, -0.05) is 35.9 Å². The molecule has 0 radical (unpaired) electrons. The molecule has 0 saturated carbocycles. The van der Waals surface area contributed by atoms with Crippen molar-refractivity contribution in [3.63, 3.8) is 0 Å². The number of aryl methyl sites for hydroxylation is 1. The molecule has 5 aromatic rings. The largest absolute Gasteiger partial charge is 0.454 e. The number of benzene rings is 3. The Hall–Kier alpha value is -5.76. The number of carbonyl (C=O) groups is 1. The van der Waals surface area contributed by atoms with Crippen LogP contribution in [0.3, 0.4) is 0 Å². The first-order valence-electron chi connectivity index (χ1n) is 15.8. The normalized spacial score (nSPS) is 14.6. The fourth-order valence-electron chi connectivity index (χ4n) is 5.88. The number of nitrogens with one attached hydrogen (secondary N) is 1. The summed E-state index contributed by atoms with van der Waals surface area (Å²) < 4.78 is 12.9. The molecule has 1 fully saturated rings. The Morgan fingerprint density at radius 1 is 1.08 bits per heavy atom. The number of hydrogen-bond donors (Lipinski definition) is 2. The van der Waals surface area contributed by atoms with Crippen molar-refractivity contribution < 1.29 is 14.3 Å². The van der Waals surface area contributed by atoms with Crippen molar-refractivity contribution in [3.8, 4) is 29.9 Å². The van der Waals surface area contributed by atoms with Gasteiger partial charge < -0.3 is 34.9 Å². The van der Waals surface area contributed by atoms with E-state index < -0.39 is 5.91 Å². The number of fused-ring (bicyclic) bond motifs is 3. The van der Waals surface area contributed by atoms with E-state index in [2.05, 4.69) is 62.3 Å². The smallest absolute Gasteiger partial charge is 0.261 e. The molecule has 0 aliphatic carbocycles. The molecule has 246 valence electrons. The number of nitrogens with zero attached hydrogens (tertiary/aromatic N) is 7. The molecule has 49 heavy (non-hydrogen) atoms. The highest BCUT2D eigenvalue weighted by atomic mass is 32.2. The predicted molar refractivity (Wildman–Crippen MR) is 189 cm³/mol. The van der Waals surface area contributed by atoms with E-state index in [1.165, 1.54) is 23.8 Å². The molecule has 12 nitrogen and oxygen atoms in total. The minimum Gasteiger partial charge on any atom is -0.454 e. The van der Waals surface area contributed by atoms with E-state index in [0.717, 1.165) is 47.4 Å². The maximum absolute atomic E-state index is 13.1. The molecule has 1 saturated heterocycles. The van der Waals surface area contributed by atoms with Crippen LogP contribution >= 0.6 is 11.8 Å². The van der Waals surface area contributed by atoms with Crippen LogP contribution in [-0.4, -0.2) is 76.9 Å². The summed E-state index contributed by atoms with van der Waals surface area (Å²) in [6, 6.07) is 18.0. The third-order valence-electron chi connectivity index (χ3n) is 8.59. The number of amides is 1. The number of hydrogen-bond acceptors (Lipinski definition) is 11. The number of piperazine rings is 1. The number of nitriles is 1. The lowest BCUT2D eigenvalue weighted by atomic mass is 10.0. The maximum atomic E-state index is 13.1. The van der Waals surface area contributed by atoms with Crippen molar-refractivity contribution in [2.45, 2.75) is 23.0 Å². The van der Waals surface area contributed by atoms with Gasteiger partial charge in [-0.15, -0.1) is 6.42 Å². The number of nitrogen functional groups attached to an aromatic ring is 1. The number of terminal acetylenes is 1. The number of rotatable bonds is 9. The molecule has 0 unspecified atom stereocenters. The van der Waals surface area contributed by atoms with Crippen molar-refractivity contribution in [2.75, 3.05) is 57.2 Å². The Bertz CT molecular complexity index is 2190. The lowest BCUT2D eigenvalue weighted by Crippen LogP contribution is -2.44. The summed E-state index contributed by atoms with van der Waals surface area (Å²) in [4.78, 5) is 31.8. The van der Waals surface area contributed by atoms with Gasteiger partial charge in [0.05, 0.1) is 0 Å². The average molecular weight is 672 g/mol. The summed E-state index contributed by atoms with van der Waals surface area (Å²) in [5.74, 6) is 3.72. The van der Waals surface area contributed by atoms with E-state index >= 15 is 0 Å². The number of ether oxygens (including phenoxy) is 2. The summed E-state index contributed by atoms with van der Waals surface area (Å²) in [6.45, 7) is 4.99. The van der Waals surface area contributed by atoms with Crippen LogP contribution in [0, 0.1) is 23.7 Å². The van der Waals surface area contributed by atoms with Gasteiger partial charge in [-0.3, -0.25) is 4.79 Å². The first-order valence-corrected chi connectivity index (χ1v) is 16.6. The second-order valence-corrected chi connectivity index (χ2v) is 12.8. The molecular weight excluding hydrogens is 639 g/mol. The van der Waals surface area contributed by atoms with Crippen molar-refractivity contribution >= 4 is 57.2 Å². The molecule has 2 aliphatic heterocycles. The number of likely N-dealkylation sites (N-methyl/N-ethyl adjacent to an activating group) is 1. The Morgan fingerprint density at radius 3 is 2.65 bits per heavy atom. The molecule has 13 heteroatoms. The van der Waals surface area contributed by atoms with E-state index in [9.17, 15) is 10.1 Å². The van der Waals surface area contributed by atoms with Gasteiger partial charge in [0.2, 0.25) is 6.79 Å². The average Bonchev–Trinajstić information content (AvgIpc) is 3.73. The molecule has 3 aromatic carbocycles. The molecule has 4 heterocycles. The highest BCUT2D eigenvalue weighted by Gasteiger charge is 2.21. The molecule has 0 spiro atoms. The number of anilines is 2. The van der Waals surface area contributed by atoms with Crippen LogP contribution in [0.4, 0.5) is 11.5 Å². The number of aromatic nitrogens is 4. The number of imidazole rings is 1. The quantitative estimate of drug-likeness (QED) is 0.100. The van der Waals surface area contributed by atoms with Crippen LogP contribution in [0.1, 0.15) is 17.5 Å². The highest BCUT2D eigenvalue weighted by Crippen LogP contribution is 2.41.